The second-order valence-electron chi connectivity index (χ2n) is 6.22. The van der Waals surface area contributed by atoms with Gasteiger partial charge in [-0.3, -0.25) is 19.2 Å². The van der Waals surface area contributed by atoms with Gasteiger partial charge < -0.3 is 0 Å². The van der Waals surface area contributed by atoms with Crippen molar-refractivity contribution in [3.8, 4) is 0 Å². The maximum absolute atomic E-state index is 13.4. The molecule has 2 rings (SSSR count). The number of carbonyl (C=O) groups excluding carboxylic acids is 1. The number of nitro groups is 1. The molecule has 2 aromatic rings. The summed E-state index contributed by atoms with van der Waals surface area (Å²) in [6, 6.07) is 10.4. The molecule has 27 heavy (non-hydrogen) atoms. The first-order chi connectivity index (χ1) is 12.6. The fourth-order valence-corrected chi connectivity index (χ4v) is 4.71. The molecule has 0 saturated heterocycles. The van der Waals surface area contributed by atoms with Gasteiger partial charge in [-0.2, -0.15) is 0 Å². The summed E-state index contributed by atoms with van der Waals surface area (Å²) in [5, 5.41) is 10.4. The fraction of sp³-hybridized carbons (Fsp3) is 0.278. The number of hydrogen-bond donors (Lipinski definition) is 0. The second-order valence-corrected chi connectivity index (χ2v) is 8.38. The summed E-state index contributed by atoms with van der Waals surface area (Å²) in [5.41, 5.74) is 0.357. The molecule has 0 aliphatic rings. The highest BCUT2D eigenvalue weighted by Gasteiger charge is 2.37. The molecule has 0 N–H and O–H groups in total. The zero-order chi connectivity index (χ0) is 20.4. The van der Waals surface area contributed by atoms with Gasteiger partial charge in [0.2, 0.25) is 5.24 Å². The summed E-state index contributed by atoms with van der Waals surface area (Å²) in [5.74, 6) is -0.0534. The summed E-state index contributed by atoms with van der Waals surface area (Å²) < 4.78 is 27.6. The highest BCUT2D eigenvalue weighted by Crippen LogP contribution is 2.36. The standard InChI is InChI=1S/C18H19ClN2O5S/c1-12(2)14-8-4-5-9-15(14)20(13(3)18(19)22)27(25,26)17-11-7-6-10-16(17)21(23)24/h4-13H,1-3H3. The number of hydrogen-bond acceptors (Lipinski definition) is 5. The monoisotopic (exact) mass is 410 g/mol. The van der Waals surface area contributed by atoms with Gasteiger partial charge >= 0.3 is 0 Å². The first-order valence-electron chi connectivity index (χ1n) is 8.15. The largest absolute Gasteiger partial charge is 0.289 e. The third-order valence-corrected chi connectivity index (χ3v) is 6.32. The molecule has 0 aliphatic carbocycles. The van der Waals surface area contributed by atoms with Crippen molar-refractivity contribution in [3.63, 3.8) is 0 Å². The van der Waals surface area contributed by atoms with Gasteiger partial charge in [0.1, 0.15) is 6.04 Å². The van der Waals surface area contributed by atoms with Crippen LogP contribution in [0.1, 0.15) is 32.3 Å². The van der Waals surface area contributed by atoms with Crippen molar-refractivity contribution >= 4 is 38.2 Å². The van der Waals surface area contributed by atoms with Crippen LogP contribution in [0.5, 0.6) is 0 Å². The maximum atomic E-state index is 13.4. The van der Waals surface area contributed by atoms with Crippen LogP contribution in [0.15, 0.2) is 53.4 Å². The lowest BCUT2D eigenvalue weighted by Crippen LogP contribution is -2.42. The molecular weight excluding hydrogens is 392 g/mol. The van der Waals surface area contributed by atoms with E-state index in [1.54, 1.807) is 24.3 Å². The highest BCUT2D eigenvalue weighted by atomic mass is 35.5. The van der Waals surface area contributed by atoms with Crippen molar-refractivity contribution in [2.45, 2.75) is 37.6 Å². The van der Waals surface area contributed by atoms with Crippen LogP contribution in [0.4, 0.5) is 11.4 Å². The van der Waals surface area contributed by atoms with Crippen molar-refractivity contribution in [1.82, 2.24) is 0 Å². The zero-order valence-electron chi connectivity index (χ0n) is 15.0. The molecule has 0 radical (unpaired) electrons. The van der Waals surface area contributed by atoms with Gasteiger partial charge in [-0.25, -0.2) is 8.42 Å². The number of para-hydroxylation sites is 2. The number of sulfonamides is 1. The molecule has 7 nitrogen and oxygen atoms in total. The minimum absolute atomic E-state index is 0.0534. The van der Waals surface area contributed by atoms with E-state index in [0.717, 1.165) is 16.4 Å². The Kier molecular flexibility index (Phi) is 6.22. The molecule has 1 atom stereocenters. The van der Waals surface area contributed by atoms with E-state index in [9.17, 15) is 23.3 Å². The van der Waals surface area contributed by atoms with Crippen molar-refractivity contribution in [2.24, 2.45) is 0 Å². The second kappa shape index (κ2) is 8.06. The van der Waals surface area contributed by atoms with Crippen LogP contribution in [0.2, 0.25) is 0 Å². The summed E-state index contributed by atoms with van der Waals surface area (Å²) in [7, 11) is -4.44. The number of halogens is 1. The van der Waals surface area contributed by atoms with E-state index < -0.39 is 36.8 Å². The summed E-state index contributed by atoms with van der Waals surface area (Å²) >= 11 is 5.62. The van der Waals surface area contributed by atoms with Crippen molar-refractivity contribution in [3.05, 3.63) is 64.2 Å². The van der Waals surface area contributed by atoms with Crippen LogP contribution in [0.3, 0.4) is 0 Å². The maximum Gasteiger partial charge on any atom is 0.289 e. The van der Waals surface area contributed by atoms with E-state index >= 15 is 0 Å². The topological polar surface area (TPSA) is 97.6 Å². The molecule has 0 bridgehead atoms. The lowest BCUT2D eigenvalue weighted by molar-refractivity contribution is -0.387. The first-order valence-corrected chi connectivity index (χ1v) is 9.97. The van der Waals surface area contributed by atoms with Gasteiger partial charge in [-0.1, -0.05) is 44.2 Å². The minimum Gasteiger partial charge on any atom is -0.279 e. The molecule has 0 saturated carbocycles. The number of nitrogens with zero attached hydrogens (tertiary/aromatic N) is 2. The van der Waals surface area contributed by atoms with Crippen LogP contribution in [-0.4, -0.2) is 24.6 Å². The van der Waals surface area contributed by atoms with Gasteiger partial charge in [0, 0.05) is 6.07 Å². The molecule has 0 heterocycles. The van der Waals surface area contributed by atoms with Crippen LogP contribution in [0, 0.1) is 10.1 Å². The average Bonchev–Trinajstić information content (AvgIpc) is 2.61. The van der Waals surface area contributed by atoms with Gasteiger partial charge in [0.15, 0.2) is 4.90 Å². The molecule has 1 unspecified atom stereocenters. The number of rotatable bonds is 7. The molecule has 9 heteroatoms. The minimum atomic E-state index is -4.44. The van der Waals surface area contributed by atoms with Gasteiger partial charge in [0.25, 0.3) is 15.7 Å². The molecular formula is C18H19ClN2O5S. The van der Waals surface area contributed by atoms with Crippen LogP contribution in [0.25, 0.3) is 0 Å². The lowest BCUT2D eigenvalue weighted by atomic mass is 10.0. The Morgan fingerprint density at radius 2 is 1.63 bits per heavy atom. The highest BCUT2D eigenvalue weighted by molar-refractivity contribution is 7.93. The smallest absolute Gasteiger partial charge is 0.279 e. The van der Waals surface area contributed by atoms with Gasteiger partial charge in [0.05, 0.1) is 10.6 Å². The predicted octanol–water partition coefficient (Wildman–Crippen LogP) is 4.07. The summed E-state index contributed by atoms with van der Waals surface area (Å²) in [4.78, 5) is 21.9. The molecule has 0 aliphatic heterocycles. The third kappa shape index (κ3) is 4.12. The van der Waals surface area contributed by atoms with E-state index in [-0.39, 0.29) is 11.6 Å². The van der Waals surface area contributed by atoms with E-state index in [2.05, 4.69) is 0 Å². The van der Waals surface area contributed by atoms with Crippen molar-refractivity contribution in [1.29, 1.82) is 0 Å². The first kappa shape index (κ1) is 20.9. The predicted molar refractivity (Wildman–Crippen MR) is 104 cm³/mol. The van der Waals surface area contributed by atoms with Crippen LogP contribution >= 0.6 is 11.6 Å². The van der Waals surface area contributed by atoms with Crippen LogP contribution < -0.4 is 4.31 Å². The molecule has 0 amide bonds. The van der Waals surface area contributed by atoms with E-state index in [1.807, 2.05) is 13.8 Å². The van der Waals surface area contributed by atoms with E-state index in [0.29, 0.717) is 5.56 Å². The Morgan fingerprint density at radius 3 is 2.19 bits per heavy atom. The van der Waals surface area contributed by atoms with Crippen molar-refractivity contribution in [2.75, 3.05) is 4.31 Å². The lowest BCUT2D eigenvalue weighted by Gasteiger charge is -2.30. The van der Waals surface area contributed by atoms with Gasteiger partial charge in [-0.15, -0.1) is 0 Å². The average molecular weight is 411 g/mol. The fourth-order valence-electron chi connectivity index (χ4n) is 2.75. The molecule has 144 valence electrons. The summed E-state index contributed by atoms with van der Waals surface area (Å²) in [6.45, 7) is 5.10. The normalized spacial score (nSPS) is 12.6. The molecule has 2 aromatic carbocycles. The van der Waals surface area contributed by atoms with Crippen molar-refractivity contribution < 1.29 is 18.1 Å². The third-order valence-electron chi connectivity index (χ3n) is 4.08. The number of anilines is 1. The Morgan fingerprint density at radius 1 is 1.07 bits per heavy atom. The molecule has 0 fully saturated rings. The quantitative estimate of drug-likeness (QED) is 0.389. The number of carbonyl (C=O) groups is 1. The summed E-state index contributed by atoms with van der Waals surface area (Å²) in [6.07, 6.45) is 0. The Bertz CT molecular complexity index is 975. The molecule has 0 aromatic heterocycles. The number of benzene rings is 2. The number of nitro benzene ring substituents is 1. The zero-order valence-corrected chi connectivity index (χ0v) is 16.6. The Balaban J connectivity index is 2.81. The Labute approximate surface area is 162 Å². The molecule has 0 spiro atoms. The SMILES string of the molecule is CC(C)c1ccccc1N(C(C)C(=O)Cl)S(=O)(=O)c1ccccc1[N+](=O)[O-]. The Hall–Kier alpha value is -2.45. The van der Waals surface area contributed by atoms with E-state index in [1.165, 1.54) is 19.1 Å². The van der Waals surface area contributed by atoms with E-state index in [4.69, 9.17) is 11.6 Å². The van der Waals surface area contributed by atoms with Gasteiger partial charge in [-0.05, 0) is 42.1 Å². The van der Waals surface area contributed by atoms with Crippen LogP contribution in [-0.2, 0) is 14.8 Å².